The van der Waals surface area contributed by atoms with Gasteiger partial charge in [-0.1, -0.05) is 36.9 Å². The van der Waals surface area contributed by atoms with Crippen LogP contribution >= 0.6 is 0 Å². The summed E-state index contributed by atoms with van der Waals surface area (Å²) < 4.78 is 5.26. The summed E-state index contributed by atoms with van der Waals surface area (Å²) in [5.41, 5.74) is 1.96. The molecule has 1 aliphatic heterocycles. The zero-order valence-corrected chi connectivity index (χ0v) is 8.61. The van der Waals surface area contributed by atoms with E-state index in [0.717, 1.165) is 24.0 Å². The lowest BCUT2D eigenvalue weighted by Crippen LogP contribution is -2.24. The number of rotatable bonds is 2. The molecule has 0 N–H and O–H groups in total. The maximum Gasteiger partial charge on any atom is 0.306 e. The smallest absolute Gasteiger partial charge is 0.306 e. The van der Waals surface area contributed by atoms with Crippen molar-refractivity contribution in [3.63, 3.8) is 0 Å². The van der Waals surface area contributed by atoms with Crippen LogP contribution in [-0.4, -0.2) is 12.1 Å². The molecule has 2 heteroatoms. The van der Waals surface area contributed by atoms with Gasteiger partial charge in [0, 0.05) is 6.42 Å². The molecule has 0 aromatic heterocycles. The normalized spacial score (nSPS) is 20.8. The zero-order valence-electron chi connectivity index (χ0n) is 8.61. The first-order valence-corrected chi connectivity index (χ1v) is 5.21. The molecule has 2 nitrogen and oxygen atoms in total. The molecule has 1 aliphatic rings. The number of ether oxygens (including phenoxy) is 1. The molecule has 1 heterocycles. The molecule has 78 valence electrons. The van der Waals surface area contributed by atoms with Crippen molar-refractivity contribution in [1.29, 1.82) is 0 Å². The molecule has 2 rings (SSSR count). The van der Waals surface area contributed by atoms with Gasteiger partial charge in [-0.3, -0.25) is 4.79 Å². The van der Waals surface area contributed by atoms with E-state index in [2.05, 4.69) is 6.58 Å². The standard InChI is InChI=1S/C13H14O2/c1-10(11-6-3-2-4-7-11)12-8-5-9-13(14)15-12/h2-4,6-7,12H,1,5,8-9H2/t12-/m0/s1. The Kier molecular flexibility index (Phi) is 2.86. The van der Waals surface area contributed by atoms with E-state index in [1.165, 1.54) is 0 Å². The van der Waals surface area contributed by atoms with Gasteiger partial charge >= 0.3 is 5.97 Å². The number of benzene rings is 1. The van der Waals surface area contributed by atoms with Crippen LogP contribution in [0.5, 0.6) is 0 Å². The third kappa shape index (κ3) is 2.27. The lowest BCUT2D eigenvalue weighted by Gasteiger charge is -2.24. The van der Waals surface area contributed by atoms with Crippen molar-refractivity contribution in [2.75, 3.05) is 0 Å². The Balaban J connectivity index is 2.11. The van der Waals surface area contributed by atoms with Crippen molar-refractivity contribution in [3.05, 3.63) is 42.5 Å². The lowest BCUT2D eigenvalue weighted by molar-refractivity contribution is -0.150. The number of esters is 1. The second-order valence-electron chi connectivity index (χ2n) is 3.76. The average molecular weight is 202 g/mol. The number of cyclic esters (lactones) is 1. The molecule has 0 saturated carbocycles. The Bertz CT molecular complexity index is 367. The van der Waals surface area contributed by atoms with Gasteiger partial charge in [0.25, 0.3) is 0 Å². The Morgan fingerprint density at radius 2 is 2.07 bits per heavy atom. The van der Waals surface area contributed by atoms with Crippen LogP contribution in [-0.2, 0) is 9.53 Å². The summed E-state index contributed by atoms with van der Waals surface area (Å²) in [5.74, 6) is -0.108. The first-order valence-electron chi connectivity index (χ1n) is 5.21. The van der Waals surface area contributed by atoms with Crippen molar-refractivity contribution in [2.24, 2.45) is 0 Å². The van der Waals surface area contributed by atoms with Crippen LogP contribution < -0.4 is 0 Å². The summed E-state index contributed by atoms with van der Waals surface area (Å²) in [5, 5.41) is 0. The van der Waals surface area contributed by atoms with Gasteiger partial charge in [0.05, 0.1) is 0 Å². The van der Waals surface area contributed by atoms with Gasteiger partial charge in [-0.25, -0.2) is 0 Å². The van der Waals surface area contributed by atoms with Crippen molar-refractivity contribution in [3.8, 4) is 0 Å². The van der Waals surface area contributed by atoms with Crippen LogP contribution in [0.25, 0.3) is 5.57 Å². The minimum atomic E-state index is -0.131. The predicted molar refractivity (Wildman–Crippen MR) is 59.2 cm³/mol. The lowest BCUT2D eigenvalue weighted by atomic mass is 9.96. The predicted octanol–water partition coefficient (Wildman–Crippen LogP) is 2.80. The van der Waals surface area contributed by atoms with Crippen molar-refractivity contribution in [2.45, 2.75) is 25.4 Å². The third-order valence-corrected chi connectivity index (χ3v) is 2.65. The SMILES string of the molecule is C=C(c1ccccc1)[C@@H]1CCCC(=O)O1. The van der Waals surface area contributed by atoms with Crippen LogP contribution in [0.4, 0.5) is 0 Å². The van der Waals surface area contributed by atoms with E-state index in [1.807, 2.05) is 30.3 Å². The fraction of sp³-hybridized carbons (Fsp3) is 0.308. The van der Waals surface area contributed by atoms with E-state index in [4.69, 9.17) is 4.74 Å². The molecule has 0 radical (unpaired) electrons. The molecule has 0 unspecified atom stereocenters. The van der Waals surface area contributed by atoms with Crippen LogP contribution in [0, 0.1) is 0 Å². The molecule has 1 atom stereocenters. The third-order valence-electron chi connectivity index (χ3n) is 2.65. The quantitative estimate of drug-likeness (QED) is 0.689. The maximum absolute atomic E-state index is 11.1. The molecule has 1 fully saturated rings. The van der Waals surface area contributed by atoms with Crippen LogP contribution in [0.15, 0.2) is 36.9 Å². The number of carbonyl (C=O) groups excluding carboxylic acids is 1. The van der Waals surface area contributed by atoms with Gasteiger partial charge in [-0.15, -0.1) is 0 Å². The highest BCUT2D eigenvalue weighted by molar-refractivity contribution is 5.75. The average Bonchev–Trinajstić information content (AvgIpc) is 2.29. The van der Waals surface area contributed by atoms with Gasteiger partial charge in [0.15, 0.2) is 0 Å². The zero-order chi connectivity index (χ0) is 10.7. The minimum absolute atomic E-state index is 0.108. The van der Waals surface area contributed by atoms with Gasteiger partial charge in [-0.05, 0) is 24.0 Å². The summed E-state index contributed by atoms with van der Waals surface area (Å²) in [7, 11) is 0. The van der Waals surface area contributed by atoms with Gasteiger partial charge < -0.3 is 4.74 Å². The highest BCUT2D eigenvalue weighted by Gasteiger charge is 2.23. The van der Waals surface area contributed by atoms with Crippen LogP contribution in [0.1, 0.15) is 24.8 Å². The van der Waals surface area contributed by atoms with Gasteiger partial charge in [-0.2, -0.15) is 0 Å². The second-order valence-corrected chi connectivity index (χ2v) is 3.76. The number of carbonyl (C=O) groups is 1. The Hall–Kier alpha value is -1.57. The monoisotopic (exact) mass is 202 g/mol. The first-order chi connectivity index (χ1) is 7.27. The van der Waals surface area contributed by atoms with Crippen LogP contribution in [0.2, 0.25) is 0 Å². The highest BCUT2D eigenvalue weighted by atomic mass is 16.5. The van der Waals surface area contributed by atoms with E-state index < -0.39 is 0 Å². The Labute approximate surface area is 89.6 Å². The molecule has 0 aliphatic carbocycles. The molecule has 1 aromatic rings. The molecule has 15 heavy (non-hydrogen) atoms. The largest absolute Gasteiger partial charge is 0.457 e. The molecule has 1 saturated heterocycles. The van der Waals surface area contributed by atoms with E-state index in [-0.39, 0.29) is 12.1 Å². The molecule has 0 amide bonds. The van der Waals surface area contributed by atoms with Gasteiger partial charge in [0.1, 0.15) is 6.10 Å². The van der Waals surface area contributed by atoms with E-state index in [9.17, 15) is 4.79 Å². The minimum Gasteiger partial charge on any atom is -0.457 e. The highest BCUT2D eigenvalue weighted by Crippen LogP contribution is 2.26. The van der Waals surface area contributed by atoms with Crippen molar-refractivity contribution < 1.29 is 9.53 Å². The number of hydrogen-bond acceptors (Lipinski definition) is 2. The first kappa shape index (κ1) is 9.97. The molecular formula is C13H14O2. The molecule has 0 bridgehead atoms. The molecular weight excluding hydrogens is 188 g/mol. The Morgan fingerprint density at radius 1 is 1.33 bits per heavy atom. The summed E-state index contributed by atoms with van der Waals surface area (Å²) in [6, 6.07) is 9.87. The van der Waals surface area contributed by atoms with E-state index in [1.54, 1.807) is 0 Å². The maximum atomic E-state index is 11.1. The number of hydrogen-bond donors (Lipinski definition) is 0. The van der Waals surface area contributed by atoms with Crippen molar-refractivity contribution in [1.82, 2.24) is 0 Å². The molecule has 0 spiro atoms. The fourth-order valence-corrected chi connectivity index (χ4v) is 1.79. The van der Waals surface area contributed by atoms with Gasteiger partial charge in [0.2, 0.25) is 0 Å². The summed E-state index contributed by atoms with van der Waals surface area (Å²) in [4.78, 5) is 11.1. The summed E-state index contributed by atoms with van der Waals surface area (Å²) in [6.07, 6.45) is 2.20. The molecule has 1 aromatic carbocycles. The summed E-state index contributed by atoms with van der Waals surface area (Å²) >= 11 is 0. The topological polar surface area (TPSA) is 26.3 Å². The second kappa shape index (κ2) is 4.30. The summed E-state index contributed by atoms with van der Waals surface area (Å²) in [6.45, 7) is 4.01. The van der Waals surface area contributed by atoms with Crippen LogP contribution in [0.3, 0.4) is 0 Å². The van der Waals surface area contributed by atoms with E-state index in [0.29, 0.717) is 6.42 Å². The Morgan fingerprint density at radius 3 is 2.73 bits per heavy atom. The fourth-order valence-electron chi connectivity index (χ4n) is 1.79. The van der Waals surface area contributed by atoms with E-state index >= 15 is 0 Å². The van der Waals surface area contributed by atoms with Crippen molar-refractivity contribution >= 4 is 11.5 Å².